The molecular weight excluding hydrogens is 296 g/mol. The molecule has 100 valence electrons. The molecule has 1 aliphatic rings. The fourth-order valence-electron chi connectivity index (χ4n) is 1.51. The highest BCUT2D eigenvalue weighted by atomic mass is 79.9. The van der Waals surface area contributed by atoms with Gasteiger partial charge in [0.15, 0.2) is 0 Å². The first-order chi connectivity index (χ1) is 8.44. The predicted octanol–water partition coefficient (Wildman–Crippen LogP) is 3.31. The highest BCUT2D eigenvalue weighted by Gasteiger charge is 2.27. The van der Waals surface area contributed by atoms with Crippen LogP contribution in [0.1, 0.15) is 45.4 Å². The fourth-order valence-corrected chi connectivity index (χ4v) is 1.88. The Kier molecular flexibility index (Phi) is 4.22. The van der Waals surface area contributed by atoms with Gasteiger partial charge in [-0.25, -0.2) is 4.98 Å². The van der Waals surface area contributed by atoms with E-state index in [0.29, 0.717) is 25.0 Å². The van der Waals surface area contributed by atoms with Gasteiger partial charge in [-0.15, -0.1) is 0 Å². The average molecular weight is 315 g/mol. The van der Waals surface area contributed by atoms with E-state index < -0.39 is 0 Å². The second-order valence-corrected chi connectivity index (χ2v) is 6.28. The minimum absolute atomic E-state index is 0.130. The zero-order valence-electron chi connectivity index (χ0n) is 11.1. The molecule has 0 aliphatic heterocycles. The van der Waals surface area contributed by atoms with Gasteiger partial charge in [-0.3, -0.25) is 0 Å². The molecule has 0 amide bonds. The largest absolute Gasteiger partial charge is 0.475 e. The number of halogens is 1. The van der Waals surface area contributed by atoms with Crippen LogP contribution in [0.3, 0.4) is 0 Å². The van der Waals surface area contributed by atoms with Crippen molar-refractivity contribution in [2.45, 2.75) is 45.1 Å². The number of aromatic nitrogens is 2. The SMILES string of the molecule is CC(C)(C)OCCOc1cc(Br)nc(C2CC2)n1. The molecule has 2 rings (SSSR count). The monoisotopic (exact) mass is 314 g/mol. The molecule has 0 unspecified atom stereocenters. The van der Waals surface area contributed by atoms with E-state index in [1.807, 2.05) is 20.8 Å². The van der Waals surface area contributed by atoms with E-state index in [-0.39, 0.29) is 5.60 Å². The molecule has 1 fully saturated rings. The Balaban J connectivity index is 1.85. The number of rotatable bonds is 5. The Bertz CT molecular complexity index is 414. The summed E-state index contributed by atoms with van der Waals surface area (Å²) in [5.41, 5.74) is -0.130. The number of nitrogens with zero attached hydrogens (tertiary/aromatic N) is 2. The lowest BCUT2D eigenvalue weighted by molar-refractivity contribution is -0.0168. The van der Waals surface area contributed by atoms with Crippen molar-refractivity contribution in [2.75, 3.05) is 13.2 Å². The topological polar surface area (TPSA) is 44.2 Å². The van der Waals surface area contributed by atoms with Gasteiger partial charge in [0.25, 0.3) is 0 Å². The summed E-state index contributed by atoms with van der Waals surface area (Å²) in [6.45, 7) is 7.15. The zero-order valence-corrected chi connectivity index (χ0v) is 12.7. The van der Waals surface area contributed by atoms with Crippen LogP contribution in [0.4, 0.5) is 0 Å². The smallest absolute Gasteiger partial charge is 0.217 e. The molecule has 18 heavy (non-hydrogen) atoms. The van der Waals surface area contributed by atoms with Crippen molar-refractivity contribution in [2.24, 2.45) is 0 Å². The molecular formula is C13H19BrN2O2. The molecule has 5 heteroatoms. The maximum absolute atomic E-state index is 5.59. The van der Waals surface area contributed by atoms with Gasteiger partial charge < -0.3 is 9.47 Å². The summed E-state index contributed by atoms with van der Waals surface area (Å²) < 4.78 is 12.0. The van der Waals surface area contributed by atoms with Crippen molar-refractivity contribution >= 4 is 15.9 Å². The summed E-state index contributed by atoms with van der Waals surface area (Å²) >= 11 is 3.39. The summed E-state index contributed by atoms with van der Waals surface area (Å²) in [6, 6.07) is 1.79. The van der Waals surface area contributed by atoms with Gasteiger partial charge in [-0.2, -0.15) is 4.98 Å². The summed E-state index contributed by atoms with van der Waals surface area (Å²) in [5, 5.41) is 0. The van der Waals surface area contributed by atoms with E-state index in [2.05, 4.69) is 25.9 Å². The van der Waals surface area contributed by atoms with Crippen LogP contribution in [-0.2, 0) is 4.74 Å². The first-order valence-corrected chi connectivity index (χ1v) is 7.04. The van der Waals surface area contributed by atoms with Gasteiger partial charge in [-0.1, -0.05) is 0 Å². The van der Waals surface area contributed by atoms with Crippen LogP contribution in [0.5, 0.6) is 5.88 Å². The number of ether oxygens (including phenoxy) is 2. The second-order valence-electron chi connectivity index (χ2n) is 5.47. The molecule has 0 saturated heterocycles. The van der Waals surface area contributed by atoms with E-state index in [4.69, 9.17) is 9.47 Å². The summed E-state index contributed by atoms with van der Waals surface area (Å²) in [4.78, 5) is 8.77. The first-order valence-electron chi connectivity index (χ1n) is 6.25. The predicted molar refractivity (Wildman–Crippen MR) is 72.9 cm³/mol. The quantitative estimate of drug-likeness (QED) is 0.618. The van der Waals surface area contributed by atoms with Crippen LogP contribution in [-0.4, -0.2) is 28.8 Å². The second kappa shape index (κ2) is 5.53. The van der Waals surface area contributed by atoms with Gasteiger partial charge >= 0.3 is 0 Å². The maximum Gasteiger partial charge on any atom is 0.217 e. The van der Waals surface area contributed by atoms with Crippen LogP contribution in [0, 0.1) is 0 Å². The van der Waals surface area contributed by atoms with Crippen LogP contribution < -0.4 is 4.74 Å². The van der Waals surface area contributed by atoms with Crippen molar-refractivity contribution in [1.29, 1.82) is 0 Å². The third-order valence-corrected chi connectivity index (χ3v) is 2.91. The maximum atomic E-state index is 5.59. The third-order valence-electron chi connectivity index (χ3n) is 2.50. The van der Waals surface area contributed by atoms with Gasteiger partial charge in [0.05, 0.1) is 12.2 Å². The summed E-state index contributed by atoms with van der Waals surface area (Å²) in [7, 11) is 0. The summed E-state index contributed by atoms with van der Waals surface area (Å²) in [5.74, 6) is 2.03. The van der Waals surface area contributed by atoms with E-state index in [1.54, 1.807) is 6.07 Å². The van der Waals surface area contributed by atoms with Crippen molar-refractivity contribution in [3.8, 4) is 5.88 Å². The van der Waals surface area contributed by atoms with E-state index in [0.717, 1.165) is 10.4 Å². The molecule has 1 aliphatic carbocycles. The molecule has 0 spiro atoms. The summed E-state index contributed by atoms with van der Waals surface area (Å²) in [6.07, 6.45) is 2.37. The van der Waals surface area contributed by atoms with Crippen LogP contribution in [0.2, 0.25) is 0 Å². The number of hydrogen-bond acceptors (Lipinski definition) is 4. The molecule has 0 atom stereocenters. The normalized spacial score (nSPS) is 15.8. The van der Waals surface area contributed by atoms with Crippen molar-refractivity contribution in [3.05, 3.63) is 16.5 Å². The minimum Gasteiger partial charge on any atom is -0.475 e. The van der Waals surface area contributed by atoms with Gasteiger partial charge in [0, 0.05) is 12.0 Å². The lowest BCUT2D eigenvalue weighted by atomic mass is 10.2. The van der Waals surface area contributed by atoms with Crippen molar-refractivity contribution in [3.63, 3.8) is 0 Å². The van der Waals surface area contributed by atoms with Crippen LogP contribution in [0.25, 0.3) is 0 Å². The molecule has 1 aromatic heterocycles. The Morgan fingerprint density at radius 3 is 2.61 bits per heavy atom. The first kappa shape index (κ1) is 13.7. The van der Waals surface area contributed by atoms with E-state index >= 15 is 0 Å². The highest BCUT2D eigenvalue weighted by Crippen LogP contribution is 2.39. The van der Waals surface area contributed by atoms with E-state index in [9.17, 15) is 0 Å². The Morgan fingerprint density at radius 2 is 2.00 bits per heavy atom. The molecule has 1 heterocycles. The Hall–Kier alpha value is -0.680. The lowest BCUT2D eigenvalue weighted by Gasteiger charge is -2.19. The molecule has 0 aromatic carbocycles. The van der Waals surface area contributed by atoms with Crippen molar-refractivity contribution < 1.29 is 9.47 Å². The molecule has 0 N–H and O–H groups in total. The molecule has 1 aromatic rings. The fraction of sp³-hybridized carbons (Fsp3) is 0.692. The number of hydrogen-bond donors (Lipinski definition) is 0. The Labute approximate surface area is 116 Å². The van der Waals surface area contributed by atoms with Gasteiger partial charge in [0.2, 0.25) is 5.88 Å². The minimum atomic E-state index is -0.130. The molecule has 0 bridgehead atoms. The van der Waals surface area contributed by atoms with Crippen LogP contribution >= 0.6 is 15.9 Å². The lowest BCUT2D eigenvalue weighted by Crippen LogP contribution is -2.22. The van der Waals surface area contributed by atoms with Gasteiger partial charge in [-0.05, 0) is 49.5 Å². The van der Waals surface area contributed by atoms with Crippen LogP contribution in [0.15, 0.2) is 10.7 Å². The highest BCUT2D eigenvalue weighted by molar-refractivity contribution is 9.10. The van der Waals surface area contributed by atoms with E-state index in [1.165, 1.54) is 12.8 Å². The molecule has 1 saturated carbocycles. The standard InChI is InChI=1S/C13H19BrN2O2/c1-13(2,3)18-7-6-17-11-8-10(14)15-12(16-11)9-4-5-9/h8-9H,4-7H2,1-3H3. The van der Waals surface area contributed by atoms with Crippen molar-refractivity contribution in [1.82, 2.24) is 9.97 Å². The third kappa shape index (κ3) is 4.53. The average Bonchev–Trinajstić information content (AvgIpc) is 3.06. The van der Waals surface area contributed by atoms with Gasteiger partial charge in [0.1, 0.15) is 17.0 Å². The molecule has 4 nitrogen and oxygen atoms in total. The Morgan fingerprint density at radius 1 is 1.28 bits per heavy atom. The zero-order chi connectivity index (χ0) is 13.2. The molecule has 0 radical (unpaired) electrons.